The summed E-state index contributed by atoms with van der Waals surface area (Å²) in [5, 5.41) is 22.4. The van der Waals surface area contributed by atoms with Crippen molar-refractivity contribution in [1.29, 1.82) is 5.26 Å². The van der Waals surface area contributed by atoms with Crippen LogP contribution in [0, 0.1) is 16.7 Å². The smallest absolute Gasteiger partial charge is 0.224 e. The summed E-state index contributed by atoms with van der Waals surface area (Å²) >= 11 is 0. The molecule has 110 valence electrons. The average Bonchev–Trinajstić information content (AvgIpc) is 2.86. The molecule has 1 aliphatic carbocycles. The Bertz CT molecular complexity index is 566. The van der Waals surface area contributed by atoms with Crippen LogP contribution in [0.25, 0.3) is 0 Å². The minimum atomic E-state index is -1.09. The lowest BCUT2D eigenvalue weighted by Gasteiger charge is -2.28. The van der Waals surface area contributed by atoms with E-state index >= 15 is 0 Å². The molecule has 0 saturated heterocycles. The number of carboxylic acid groups (broad SMARTS) is 1. The molecule has 1 aromatic rings. The van der Waals surface area contributed by atoms with Gasteiger partial charge in [-0.2, -0.15) is 5.26 Å². The Labute approximate surface area is 123 Å². The van der Waals surface area contributed by atoms with E-state index in [4.69, 9.17) is 5.26 Å². The molecule has 0 atom stereocenters. The first kappa shape index (κ1) is 15.0. The molecule has 0 aliphatic heterocycles. The van der Waals surface area contributed by atoms with Gasteiger partial charge >= 0.3 is 0 Å². The second kappa shape index (κ2) is 6.40. The summed E-state index contributed by atoms with van der Waals surface area (Å²) in [4.78, 5) is 23.0. The van der Waals surface area contributed by atoms with Crippen molar-refractivity contribution in [2.45, 2.75) is 38.5 Å². The van der Waals surface area contributed by atoms with Crippen LogP contribution in [-0.2, 0) is 9.59 Å². The van der Waals surface area contributed by atoms with Crippen LogP contribution < -0.4 is 10.4 Å². The van der Waals surface area contributed by atoms with Crippen LogP contribution in [0.3, 0.4) is 0 Å². The van der Waals surface area contributed by atoms with Gasteiger partial charge in [0.2, 0.25) is 5.91 Å². The summed E-state index contributed by atoms with van der Waals surface area (Å²) in [7, 11) is 0. The summed E-state index contributed by atoms with van der Waals surface area (Å²) in [5.74, 6) is -1.29. The zero-order valence-electron chi connectivity index (χ0n) is 11.7. The Hall–Kier alpha value is -2.35. The van der Waals surface area contributed by atoms with Crippen molar-refractivity contribution in [3.8, 4) is 6.07 Å². The van der Waals surface area contributed by atoms with Gasteiger partial charge in [0, 0.05) is 18.1 Å². The van der Waals surface area contributed by atoms with E-state index < -0.39 is 11.4 Å². The number of anilines is 1. The van der Waals surface area contributed by atoms with E-state index in [-0.39, 0.29) is 18.7 Å². The molecule has 1 aliphatic rings. The lowest BCUT2D eigenvalue weighted by atomic mass is 9.79. The summed E-state index contributed by atoms with van der Waals surface area (Å²) in [6.45, 7) is 0. The van der Waals surface area contributed by atoms with Gasteiger partial charge < -0.3 is 15.2 Å². The fraction of sp³-hybridized carbons (Fsp3) is 0.438. The second-order valence-corrected chi connectivity index (χ2v) is 5.67. The molecule has 0 radical (unpaired) electrons. The number of carbonyl (C=O) groups is 2. The third-order valence-electron chi connectivity index (χ3n) is 4.02. The molecule has 1 aromatic carbocycles. The Kier molecular flexibility index (Phi) is 4.59. The van der Waals surface area contributed by atoms with Gasteiger partial charge in [-0.15, -0.1) is 0 Å². The first-order valence-electron chi connectivity index (χ1n) is 7.03. The van der Waals surface area contributed by atoms with E-state index in [9.17, 15) is 14.7 Å². The lowest BCUT2D eigenvalue weighted by molar-refractivity contribution is -0.308. The molecule has 0 unspecified atom stereocenters. The zero-order valence-corrected chi connectivity index (χ0v) is 11.7. The molecule has 1 N–H and O–H groups in total. The highest BCUT2D eigenvalue weighted by atomic mass is 16.4. The Morgan fingerprint density at radius 1 is 1.19 bits per heavy atom. The van der Waals surface area contributed by atoms with Crippen LogP contribution in [0.1, 0.15) is 44.1 Å². The van der Waals surface area contributed by atoms with Gasteiger partial charge in [0.15, 0.2) is 0 Å². The number of nitrogens with one attached hydrogen (secondary N) is 1. The maximum atomic E-state index is 12.1. The van der Waals surface area contributed by atoms with E-state index in [1.807, 2.05) is 6.07 Å². The van der Waals surface area contributed by atoms with Gasteiger partial charge in [-0.1, -0.05) is 12.8 Å². The molecule has 0 bridgehead atoms. The van der Waals surface area contributed by atoms with Crippen LogP contribution in [-0.4, -0.2) is 11.9 Å². The summed E-state index contributed by atoms with van der Waals surface area (Å²) in [6, 6.07) is 8.59. The maximum absolute atomic E-state index is 12.1. The second-order valence-electron chi connectivity index (χ2n) is 5.67. The minimum absolute atomic E-state index is 0.0617. The molecule has 5 heteroatoms. The SMILES string of the molecule is N#Cc1ccc(NC(=O)CC2(CC(=O)[O-])CCCC2)cc1. The van der Waals surface area contributed by atoms with Crippen molar-refractivity contribution in [3.05, 3.63) is 29.8 Å². The lowest BCUT2D eigenvalue weighted by Crippen LogP contribution is -2.33. The van der Waals surface area contributed by atoms with Crippen LogP contribution in [0.4, 0.5) is 5.69 Å². The number of hydrogen-bond acceptors (Lipinski definition) is 4. The summed E-state index contributed by atoms with van der Waals surface area (Å²) in [6.07, 6.45) is 3.55. The quantitative estimate of drug-likeness (QED) is 0.889. The normalized spacial score (nSPS) is 16.1. The Morgan fingerprint density at radius 3 is 2.33 bits per heavy atom. The van der Waals surface area contributed by atoms with E-state index in [1.165, 1.54) is 0 Å². The van der Waals surface area contributed by atoms with Gasteiger partial charge in [-0.25, -0.2) is 0 Å². The highest BCUT2D eigenvalue weighted by Crippen LogP contribution is 2.44. The van der Waals surface area contributed by atoms with Crippen molar-refractivity contribution in [1.82, 2.24) is 0 Å². The first-order valence-corrected chi connectivity index (χ1v) is 7.03. The van der Waals surface area contributed by atoms with Crippen molar-refractivity contribution in [3.63, 3.8) is 0 Å². The number of carbonyl (C=O) groups excluding carboxylic acids is 2. The summed E-state index contributed by atoms with van der Waals surface area (Å²) in [5.41, 5.74) is 0.674. The Morgan fingerprint density at radius 2 is 1.81 bits per heavy atom. The molecule has 1 saturated carbocycles. The largest absolute Gasteiger partial charge is 0.550 e. The van der Waals surface area contributed by atoms with Gasteiger partial charge in [0.1, 0.15) is 0 Å². The molecule has 0 aromatic heterocycles. The minimum Gasteiger partial charge on any atom is -0.550 e. The Balaban J connectivity index is 1.99. The van der Waals surface area contributed by atoms with E-state index in [1.54, 1.807) is 24.3 Å². The predicted molar refractivity (Wildman–Crippen MR) is 74.9 cm³/mol. The highest BCUT2D eigenvalue weighted by molar-refractivity contribution is 5.91. The fourth-order valence-electron chi connectivity index (χ4n) is 3.02. The number of carboxylic acids is 1. The third kappa shape index (κ3) is 4.06. The van der Waals surface area contributed by atoms with Gasteiger partial charge in [-0.05, 0) is 48.9 Å². The molecule has 21 heavy (non-hydrogen) atoms. The van der Waals surface area contributed by atoms with Crippen molar-refractivity contribution >= 4 is 17.6 Å². The van der Waals surface area contributed by atoms with E-state index in [0.717, 1.165) is 25.7 Å². The third-order valence-corrected chi connectivity index (χ3v) is 4.02. The maximum Gasteiger partial charge on any atom is 0.224 e. The number of nitriles is 1. The van der Waals surface area contributed by atoms with Gasteiger partial charge in [-0.3, -0.25) is 4.79 Å². The number of benzene rings is 1. The van der Waals surface area contributed by atoms with E-state index in [0.29, 0.717) is 11.3 Å². The topological polar surface area (TPSA) is 93.0 Å². The monoisotopic (exact) mass is 285 g/mol. The van der Waals surface area contributed by atoms with Crippen molar-refractivity contribution in [2.24, 2.45) is 5.41 Å². The molecule has 0 heterocycles. The van der Waals surface area contributed by atoms with Crippen LogP contribution >= 0.6 is 0 Å². The molecule has 2 rings (SSSR count). The molecule has 1 fully saturated rings. The number of aliphatic carboxylic acids is 1. The number of nitrogens with zero attached hydrogens (tertiary/aromatic N) is 1. The number of hydrogen-bond donors (Lipinski definition) is 1. The van der Waals surface area contributed by atoms with Crippen LogP contribution in [0.2, 0.25) is 0 Å². The highest BCUT2D eigenvalue weighted by Gasteiger charge is 2.35. The molecule has 0 spiro atoms. The number of amides is 1. The molecule has 1 amide bonds. The molecular weight excluding hydrogens is 268 g/mol. The van der Waals surface area contributed by atoms with Crippen LogP contribution in [0.15, 0.2) is 24.3 Å². The average molecular weight is 285 g/mol. The standard InChI is InChI=1S/C16H18N2O3/c17-11-12-3-5-13(6-4-12)18-14(19)9-16(10-15(20)21)7-1-2-8-16/h3-6H,1-2,7-10H2,(H,18,19)(H,20,21)/p-1. The van der Waals surface area contributed by atoms with Crippen LogP contribution in [0.5, 0.6) is 0 Å². The van der Waals surface area contributed by atoms with Crippen molar-refractivity contribution in [2.75, 3.05) is 5.32 Å². The molecule has 5 nitrogen and oxygen atoms in total. The molecular formula is C16H17N2O3-. The summed E-state index contributed by atoms with van der Waals surface area (Å²) < 4.78 is 0. The van der Waals surface area contributed by atoms with Gasteiger partial charge in [0.05, 0.1) is 11.6 Å². The zero-order chi connectivity index (χ0) is 15.3. The first-order chi connectivity index (χ1) is 10.0. The predicted octanol–water partition coefficient (Wildman–Crippen LogP) is 1.59. The number of rotatable bonds is 5. The fourth-order valence-corrected chi connectivity index (χ4v) is 3.02. The van der Waals surface area contributed by atoms with Gasteiger partial charge in [0.25, 0.3) is 0 Å². The van der Waals surface area contributed by atoms with Crippen molar-refractivity contribution < 1.29 is 14.7 Å². The van der Waals surface area contributed by atoms with E-state index in [2.05, 4.69) is 5.32 Å².